The molecule has 106 valence electrons. The molecule has 0 amide bonds. The number of alkyl halides is 3. The summed E-state index contributed by atoms with van der Waals surface area (Å²) in [5, 5.41) is 2.82. The first-order valence-corrected chi connectivity index (χ1v) is 6.76. The molecule has 0 unspecified atom stereocenters. The fraction of sp³-hybridized carbons (Fsp3) is 0.214. The van der Waals surface area contributed by atoms with Crippen LogP contribution >= 0.6 is 15.9 Å². The molecular weight excluding hydrogens is 333 g/mol. The second kappa shape index (κ2) is 6.26. The third-order valence-corrected chi connectivity index (χ3v) is 3.20. The molecule has 0 spiro atoms. The average molecular weight is 345 g/mol. The molecule has 0 aliphatic rings. The highest BCUT2D eigenvalue weighted by Crippen LogP contribution is 2.36. The minimum absolute atomic E-state index is 0.0720. The summed E-state index contributed by atoms with van der Waals surface area (Å²) in [6.07, 6.45) is -2.14. The minimum atomic E-state index is -4.37. The molecule has 1 heterocycles. The van der Waals surface area contributed by atoms with Gasteiger partial charge in [-0.3, -0.25) is 4.98 Å². The topological polar surface area (TPSA) is 24.9 Å². The molecule has 0 bridgehead atoms. The maximum atomic E-state index is 12.9. The van der Waals surface area contributed by atoms with Crippen molar-refractivity contribution in [1.29, 1.82) is 0 Å². The Hall–Kier alpha value is -1.56. The Bertz CT molecular complexity index is 570. The number of pyridine rings is 1. The zero-order chi connectivity index (χ0) is 14.6. The van der Waals surface area contributed by atoms with Crippen molar-refractivity contribution in [2.24, 2.45) is 0 Å². The van der Waals surface area contributed by atoms with Crippen LogP contribution in [0.5, 0.6) is 0 Å². The molecule has 1 aromatic heterocycles. The molecular formula is C14H12BrF3N2. The van der Waals surface area contributed by atoms with Gasteiger partial charge in [-0.15, -0.1) is 0 Å². The Morgan fingerprint density at radius 3 is 2.60 bits per heavy atom. The second-order valence-electron chi connectivity index (χ2n) is 4.19. The van der Waals surface area contributed by atoms with E-state index in [4.69, 9.17) is 0 Å². The first kappa shape index (κ1) is 14.8. The number of benzene rings is 1. The van der Waals surface area contributed by atoms with E-state index in [0.29, 0.717) is 17.4 Å². The van der Waals surface area contributed by atoms with Gasteiger partial charge in [-0.05, 0) is 30.3 Å². The summed E-state index contributed by atoms with van der Waals surface area (Å²) in [7, 11) is 0. The normalized spacial score (nSPS) is 11.4. The van der Waals surface area contributed by atoms with Crippen LogP contribution < -0.4 is 5.32 Å². The molecule has 0 radical (unpaired) electrons. The molecule has 0 aliphatic carbocycles. The van der Waals surface area contributed by atoms with Crippen molar-refractivity contribution in [2.45, 2.75) is 12.6 Å². The van der Waals surface area contributed by atoms with Gasteiger partial charge in [-0.1, -0.05) is 22.0 Å². The highest BCUT2D eigenvalue weighted by atomic mass is 79.9. The van der Waals surface area contributed by atoms with E-state index in [0.717, 1.165) is 11.8 Å². The van der Waals surface area contributed by atoms with Crippen molar-refractivity contribution in [3.05, 3.63) is 58.3 Å². The smallest absolute Gasteiger partial charge is 0.384 e. The Morgan fingerprint density at radius 2 is 1.95 bits per heavy atom. The van der Waals surface area contributed by atoms with Crippen LogP contribution in [0.3, 0.4) is 0 Å². The van der Waals surface area contributed by atoms with Gasteiger partial charge in [0.15, 0.2) is 0 Å². The standard InChI is InChI=1S/C14H12BrF3N2/c15-10-4-5-12(14(16,17)18)13(9-10)20-8-6-11-3-1-2-7-19-11/h1-5,7,9,20H,6,8H2. The molecule has 0 aliphatic heterocycles. The highest BCUT2D eigenvalue weighted by Gasteiger charge is 2.33. The first-order chi connectivity index (χ1) is 9.47. The summed E-state index contributed by atoms with van der Waals surface area (Å²) in [6.45, 7) is 0.385. The quantitative estimate of drug-likeness (QED) is 0.882. The third-order valence-electron chi connectivity index (χ3n) is 2.71. The van der Waals surface area contributed by atoms with E-state index in [9.17, 15) is 13.2 Å². The number of anilines is 1. The number of aromatic nitrogens is 1. The van der Waals surface area contributed by atoms with Gasteiger partial charge in [0.1, 0.15) is 0 Å². The molecule has 6 heteroatoms. The van der Waals surface area contributed by atoms with E-state index in [2.05, 4.69) is 26.2 Å². The molecule has 2 aromatic rings. The Labute approximate surface area is 123 Å². The van der Waals surface area contributed by atoms with Crippen LogP contribution in [-0.4, -0.2) is 11.5 Å². The lowest BCUT2D eigenvalue weighted by Gasteiger charge is -2.14. The van der Waals surface area contributed by atoms with Crippen LogP contribution in [0.2, 0.25) is 0 Å². The molecule has 0 saturated heterocycles. The lowest BCUT2D eigenvalue weighted by molar-refractivity contribution is -0.136. The molecule has 0 atom stereocenters. The van der Waals surface area contributed by atoms with E-state index in [1.807, 2.05) is 12.1 Å². The van der Waals surface area contributed by atoms with Crippen LogP contribution in [0.4, 0.5) is 18.9 Å². The predicted molar refractivity (Wildman–Crippen MR) is 75.6 cm³/mol. The minimum Gasteiger partial charge on any atom is -0.384 e. The van der Waals surface area contributed by atoms with Crippen molar-refractivity contribution in [3.8, 4) is 0 Å². The number of hydrogen-bond acceptors (Lipinski definition) is 2. The third kappa shape index (κ3) is 3.96. The summed E-state index contributed by atoms with van der Waals surface area (Å²) in [4.78, 5) is 4.13. The van der Waals surface area contributed by atoms with Crippen molar-refractivity contribution in [2.75, 3.05) is 11.9 Å². The van der Waals surface area contributed by atoms with E-state index < -0.39 is 11.7 Å². The average Bonchev–Trinajstić information content (AvgIpc) is 2.38. The van der Waals surface area contributed by atoms with E-state index in [-0.39, 0.29) is 5.69 Å². The summed E-state index contributed by atoms with van der Waals surface area (Å²) >= 11 is 3.18. The predicted octanol–water partition coefficient (Wildman–Crippen LogP) is 4.52. The van der Waals surface area contributed by atoms with Gasteiger partial charge in [0.05, 0.1) is 5.56 Å². The summed E-state index contributed by atoms with van der Waals surface area (Å²) in [6, 6.07) is 9.37. The summed E-state index contributed by atoms with van der Waals surface area (Å²) in [5.74, 6) is 0. The van der Waals surface area contributed by atoms with Crippen LogP contribution in [0.1, 0.15) is 11.3 Å². The number of rotatable bonds is 4. The van der Waals surface area contributed by atoms with E-state index in [1.54, 1.807) is 12.3 Å². The van der Waals surface area contributed by atoms with E-state index >= 15 is 0 Å². The zero-order valence-electron chi connectivity index (χ0n) is 10.4. The molecule has 1 aromatic carbocycles. The number of halogens is 4. The van der Waals surface area contributed by atoms with Gasteiger partial charge in [0.25, 0.3) is 0 Å². The summed E-state index contributed by atoms with van der Waals surface area (Å²) < 4.78 is 39.2. The molecule has 0 fully saturated rings. The van der Waals surface area contributed by atoms with Gasteiger partial charge < -0.3 is 5.32 Å². The second-order valence-corrected chi connectivity index (χ2v) is 5.10. The number of nitrogens with zero attached hydrogens (tertiary/aromatic N) is 1. The first-order valence-electron chi connectivity index (χ1n) is 5.97. The van der Waals surface area contributed by atoms with Gasteiger partial charge >= 0.3 is 6.18 Å². The van der Waals surface area contributed by atoms with Crippen LogP contribution in [-0.2, 0) is 12.6 Å². The van der Waals surface area contributed by atoms with Crippen molar-refractivity contribution in [3.63, 3.8) is 0 Å². The zero-order valence-corrected chi connectivity index (χ0v) is 12.0. The van der Waals surface area contributed by atoms with Gasteiger partial charge in [0, 0.05) is 35.0 Å². The number of hydrogen-bond donors (Lipinski definition) is 1. The maximum absolute atomic E-state index is 12.9. The fourth-order valence-electron chi connectivity index (χ4n) is 1.78. The van der Waals surface area contributed by atoms with E-state index in [1.165, 1.54) is 12.1 Å². The Balaban J connectivity index is 2.07. The van der Waals surface area contributed by atoms with Crippen LogP contribution in [0.25, 0.3) is 0 Å². The monoisotopic (exact) mass is 344 g/mol. The largest absolute Gasteiger partial charge is 0.418 e. The molecule has 0 saturated carbocycles. The van der Waals surface area contributed by atoms with Crippen LogP contribution in [0.15, 0.2) is 47.1 Å². The number of nitrogens with one attached hydrogen (secondary N) is 1. The fourth-order valence-corrected chi connectivity index (χ4v) is 2.14. The van der Waals surface area contributed by atoms with Crippen molar-refractivity contribution < 1.29 is 13.2 Å². The van der Waals surface area contributed by atoms with Gasteiger partial charge in [0.2, 0.25) is 0 Å². The Kier molecular flexibility index (Phi) is 4.65. The molecule has 20 heavy (non-hydrogen) atoms. The SMILES string of the molecule is FC(F)(F)c1ccc(Br)cc1NCCc1ccccn1. The molecule has 2 rings (SSSR count). The lowest BCUT2D eigenvalue weighted by Crippen LogP contribution is -2.13. The van der Waals surface area contributed by atoms with Gasteiger partial charge in [-0.2, -0.15) is 13.2 Å². The van der Waals surface area contributed by atoms with Gasteiger partial charge in [-0.25, -0.2) is 0 Å². The lowest BCUT2D eigenvalue weighted by atomic mass is 10.1. The summed E-state index contributed by atoms with van der Waals surface area (Å²) in [5.41, 5.74) is 0.244. The Morgan fingerprint density at radius 1 is 1.15 bits per heavy atom. The van der Waals surface area contributed by atoms with Crippen LogP contribution in [0, 0.1) is 0 Å². The molecule has 1 N–H and O–H groups in total. The highest BCUT2D eigenvalue weighted by molar-refractivity contribution is 9.10. The molecule has 2 nitrogen and oxygen atoms in total. The van der Waals surface area contributed by atoms with Crippen molar-refractivity contribution in [1.82, 2.24) is 4.98 Å². The van der Waals surface area contributed by atoms with Crippen molar-refractivity contribution >= 4 is 21.6 Å². The maximum Gasteiger partial charge on any atom is 0.418 e.